The maximum atomic E-state index is 12.8. The Hall–Kier alpha value is -3.36. The van der Waals surface area contributed by atoms with Crippen LogP contribution in [0.4, 0.5) is 5.82 Å². The Morgan fingerprint density at radius 2 is 1.62 bits per heavy atom. The van der Waals surface area contributed by atoms with Gasteiger partial charge in [0.25, 0.3) is 5.91 Å². The van der Waals surface area contributed by atoms with Crippen LogP contribution in [0.3, 0.4) is 0 Å². The number of anilines is 1. The molecule has 0 aliphatic carbocycles. The Morgan fingerprint density at radius 3 is 2.21 bits per heavy atom. The lowest BCUT2D eigenvalue weighted by atomic mass is 10.2. The molecule has 29 heavy (non-hydrogen) atoms. The topological polar surface area (TPSA) is 62.3 Å². The molecule has 1 amide bonds. The number of hydrogen-bond acceptors (Lipinski definition) is 2. The van der Waals surface area contributed by atoms with Crippen LogP contribution in [0.1, 0.15) is 27.9 Å². The molecule has 0 bridgehead atoms. The zero-order valence-corrected chi connectivity index (χ0v) is 17.2. The van der Waals surface area contributed by atoms with Crippen molar-refractivity contribution in [2.45, 2.75) is 26.9 Å². The molecule has 0 spiro atoms. The Kier molecular flexibility index (Phi) is 6.48. The lowest BCUT2D eigenvalue weighted by Crippen LogP contribution is -3.08. The SMILES string of the molecule is Cc1c(C#N)c(NC(=O)C[NH+](C)Cc2ccccc2)n(Cc2ccccc2)c1C. The highest BCUT2D eigenvalue weighted by Gasteiger charge is 2.21. The summed E-state index contributed by atoms with van der Waals surface area (Å²) >= 11 is 0. The largest absolute Gasteiger partial charge is 0.326 e. The van der Waals surface area contributed by atoms with E-state index in [0.717, 1.165) is 28.3 Å². The fraction of sp³-hybridized carbons (Fsp3) is 0.250. The maximum absolute atomic E-state index is 12.8. The van der Waals surface area contributed by atoms with Crippen LogP contribution in [0.2, 0.25) is 0 Å². The van der Waals surface area contributed by atoms with Gasteiger partial charge in [-0.05, 0) is 25.0 Å². The van der Waals surface area contributed by atoms with Gasteiger partial charge in [-0.15, -0.1) is 0 Å². The molecule has 2 aromatic carbocycles. The quantitative estimate of drug-likeness (QED) is 0.655. The molecule has 0 radical (unpaired) electrons. The van der Waals surface area contributed by atoms with Gasteiger partial charge >= 0.3 is 0 Å². The monoisotopic (exact) mass is 387 g/mol. The average molecular weight is 388 g/mol. The van der Waals surface area contributed by atoms with Crippen molar-refractivity contribution >= 4 is 11.7 Å². The van der Waals surface area contributed by atoms with Crippen LogP contribution in [0.15, 0.2) is 60.7 Å². The van der Waals surface area contributed by atoms with Gasteiger partial charge in [0.05, 0.1) is 12.6 Å². The van der Waals surface area contributed by atoms with Crippen molar-refractivity contribution in [2.24, 2.45) is 0 Å². The van der Waals surface area contributed by atoms with Gasteiger partial charge < -0.3 is 14.8 Å². The molecule has 1 atom stereocenters. The van der Waals surface area contributed by atoms with E-state index in [1.807, 2.05) is 74.0 Å². The normalized spacial score (nSPS) is 11.7. The van der Waals surface area contributed by atoms with E-state index in [0.29, 0.717) is 24.5 Å². The number of benzene rings is 2. The summed E-state index contributed by atoms with van der Waals surface area (Å²) < 4.78 is 2.02. The number of nitrogens with zero attached hydrogens (tertiary/aromatic N) is 2. The Morgan fingerprint density at radius 1 is 1.03 bits per heavy atom. The summed E-state index contributed by atoms with van der Waals surface area (Å²) in [4.78, 5) is 13.8. The first-order valence-electron chi connectivity index (χ1n) is 9.78. The van der Waals surface area contributed by atoms with Gasteiger partial charge in [-0.2, -0.15) is 5.26 Å². The molecule has 1 unspecified atom stereocenters. The molecular weight excluding hydrogens is 360 g/mol. The number of quaternary nitrogens is 1. The van der Waals surface area contributed by atoms with Gasteiger partial charge in [-0.3, -0.25) is 4.79 Å². The van der Waals surface area contributed by atoms with Gasteiger partial charge in [0.2, 0.25) is 0 Å². The molecule has 0 saturated heterocycles. The average Bonchev–Trinajstić information content (AvgIpc) is 2.93. The molecule has 5 heteroatoms. The van der Waals surface area contributed by atoms with E-state index in [1.54, 1.807) is 0 Å². The van der Waals surface area contributed by atoms with Crippen LogP contribution < -0.4 is 10.2 Å². The van der Waals surface area contributed by atoms with Crippen LogP contribution in [-0.2, 0) is 17.9 Å². The molecule has 1 heterocycles. The van der Waals surface area contributed by atoms with Crippen molar-refractivity contribution in [3.8, 4) is 6.07 Å². The number of aromatic nitrogens is 1. The fourth-order valence-corrected chi connectivity index (χ4v) is 3.55. The highest BCUT2D eigenvalue weighted by atomic mass is 16.2. The predicted octanol–water partition coefficient (Wildman–Crippen LogP) is 2.68. The summed E-state index contributed by atoms with van der Waals surface area (Å²) in [7, 11) is 2.00. The third kappa shape index (κ3) is 4.92. The molecule has 2 N–H and O–H groups in total. The van der Waals surface area contributed by atoms with Crippen LogP contribution in [0, 0.1) is 25.2 Å². The molecule has 3 rings (SSSR count). The summed E-state index contributed by atoms with van der Waals surface area (Å²) in [5, 5.41) is 12.7. The van der Waals surface area contributed by atoms with Crippen LogP contribution in [0.5, 0.6) is 0 Å². The number of nitrogens with one attached hydrogen (secondary N) is 2. The second-order valence-corrected chi connectivity index (χ2v) is 7.46. The van der Waals surface area contributed by atoms with E-state index in [1.165, 1.54) is 5.56 Å². The number of amides is 1. The molecule has 0 fully saturated rings. The van der Waals surface area contributed by atoms with Gasteiger partial charge in [0.1, 0.15) is 18.4 Å². The first kappa shape index (κ1) is 20.4. The summed E-state index contributed by atoms with van der Waals surface area (Å²) in [5.41, 5.74) is 4.74. The molecule has 0 saturated carbocycles. The van der Waals surface area contributed by atoms with Gasteiger partial charge in [-0.1, -0.05) is 60.7 Å². The molecule has 3 aromatic rings. The summed E-state index contributed by atoms with van der Waals surface area (Å²) in [6.07, 6.45) is 0. The van der Waals surface area contributed by atoms with Gasteiger partial charge in [0, 0.05) is 17.8 Å². The minimum absolute atomic E-state index is 0.0956. The predicted molar refractivity (Wildman–Crippen MR) is 115 cm³/mol. The maximum Gasteiger partial charge on any atom is 0.280 e. The molecule has 1 aromatic heterocycles. The first-order chi connectivity index (χ1) is 14.0. The number of nitriles is 1. The van der Waals surface area contributed by atoms with E-state index < -0.39 is 0 Å². The molecule has 148 valence electrons. The summed E-state index contributed by atoms with van der Waals surface area (Å²) in [6, 6.07) is 22.4. The highest BCUT2D eigenvalue weighted by Crippen LogP contribution is 2.27. The molecule has 5 nitrogen and oxygen atoms in total. The van der Waals surface area contributed by atoms with E-state index >= 15 is 0 Å². The third-order valence-corrected chi connectivity index (χ3v) is 5.19. The Balaban J connectivity index is 1.77. The Labute approximate surface area is 172 Å². The lowest BCUT2D eigenvalue weighted by Gasteiger charge is -2.16. The minimum Gasteiger partial charge on any atom is -0.326 e. The zero-order chi connectivity index (χ0) is 20.8. The summed E-state index contributed by atoms with van der Waals surface area (Å²) in [5.74, 6) is 0.491. The van der Waals surface area contributed by atoms with Gasteiger partial charge in [-0.25, -0.2) is 0 Å². The highest BCUT2D eigenvalue weighted by molar-refractivity contribution is 5.92. The van der Waals surface area contributed by atoms with Gasteiger partial charge in [0.15, 0.2) is 6.54 Å². The van der Waals surface area contributed by atoms with E-state index in [4.69, 9.17) is 0 Å². The van der Waals surface area contributed by atoms with E-state index in [2.05, 4.69) is 23.5 Å². The lowest BCUT2D eigenvalue weighted by molar-refractivity contribution is -0.885. The van der Waals surface area contributed by atoms with Crippen molar-refractivity contribution in [1.29, 1.82) is 5.26 Å². The van der Waals surface area contributed by atoms with Crippen molar-refractivity contribution in [1.82, 2.24) is 4.57 Å². The zero-order valence-electron chi connectivity index (χ0n) is 17.2. The van der Waals surface area contributed by atoms with Crippen LogP contribution in [0.25, 0.3) is 0 Å². The van der Waals surface area contributed by atoms with Crippen molar-refractivity contribution in [3.63, 3.8) is 0 Å². The van der Waals surface area contributed by atoms with E-state index in [-0.39, 0.29) is 5.91 Å². The number of likely N-dealkylation sites (N-methyl/N-ethyl adjacent to an activating group) is 1. The number of rotatable bonds is 7. The standard InChI is InChI=1S/C24H26N4O/c1-18-19(2)28(16-21-12-8-5-9-13-21)24(22(18)14-25)26-23(29)17-27(3)15-20-10-6-4-7-11-20/h4-13H,15-17H2,1-3H3,(H,26,29)/p+1. The summed E-state index contributed by atoms with van der Waals surface area (Å²) in [6.45, 7) is 5.62. The third-order valence-electron chi connectivity index (χ3n) is 5.19. The van der Waals surface area contributed by atoms with E-state index in [9.17, 15) is 10.1 Å². The second kappa shape index (κ2) is 9.22. The minimum atomic E-state index is -0.0956. The Bertz CT molecular complexity index is 1020. The molecule has 0 aliphatic rings. The molecular formula is C24H27N4O+. The second-order valence-electron chi connectivity index (χ2n) is 7.46. The number of hydrogen-bond donors (Lipinski definition) is 2. The van der Waals surface area contributed by atoms with Crippen LogP contribution >= 0.6 is 0 Å². The smallest absolute Gasteiger partial charge is 0.280 e. The number of carbonyl (C=O) groups excluding carboxylic acids is 1. The van der Waals surface area contributed by atoms with Crippen molar-refractivity contribution in [3.05, 3.63) is 88.6 Å². The fourth-order valence-electron chi connectivity index (χ4n) is 3.55. The first-order valence-corrected chi connectivity index (χ1v) is 9.78. The van der Waals surface area contributed by atoms with Crippen LogP contribution in [-0.4, -0.2) is 24.1 Å². The van der Waals surface area contributed by atoms with Crippen molar-refractivity contribution < 1.29 is 9.69 Å². The van der Waals surface area contributed by atoms with Crippen molar-refractivity contribution in [2.75, 3.05) is 18.9 Å². The number of carbonyl (C=O) groups is 1. The molecule has 0 aliphatic heterocycles.